The SMILES string of the molecule is CCCCCCCCCCCCCCCCC[C@H]1OC[C@@H](OC(C)=O)[C@@H]1OC(=O)CCCCC[N+]1(C)CCOCC1. The van der Waals surface area contributed by atoms with Gasteiger partial charge in [0.15, 0.2) is 12.2 Å². The predicted molar refractivity (Wildman–Crippen MR) is 165 cm³/mol. The molecule has 7 heteroatoms. The molecule has 2 aliphatic rings. The largest absolute Gasteiger partial charge is 0.456 e. The number of hydrogen-bond acceptors (Lipinski definition) is 6. The lowest BCUT2D eigenvalue weighted by molar-refractivity contribution is -0.917. The summed E-state index contributed by atoms with van der Waals surface area (Å²) in [5.41, 5.74) is 0. The third kappa shape index (κ3) is 16.9. The Balaban J connectivity index is 1.54. The first-order valence-corrected chi connectivity index (χ1v) is 17.3. The van der Waals surface area contributed by atoms with Crippen LogP contribution in [0.2, 0.25) is 0 Å². The first kappa shape index (κ1) is 36.0. The number of likely N-dealkylation sites (N-methyl/N-ethyl adjacent to an activating group) is 1. The van der Waals surface area contributed by atoms with Crippen molar-refractivity contribution in [3.63, 3.8) is 0 Å². The van der Waals surface area contributed by atoms with Gasteiger partial charge in [-0.25, -0.2) is 0 Å². The quantitative estimate of drug-likeness (QED) is 0.0666. The molecular formula is C34H64NO6+. The summed E-state index contributed by atoms with van der Waals surface area (Å²) in [5.74, 6) is -0.557. The van der Waals surface area contributed by atoms with Crippen LogP contribution < -0.4 is 0 Å². The van der Waals surface area contributed by atoms with E-state index in [2.05, 4.69) is 14.0 Å². The molecule has 2 heterocycles. The van der Waals surface area contributed by atoms with Crippen LogP contribution in [0.25, 0.3) is 0 Å². The molecule has 2 fully saturated rings. The van der Waals surface area contributed by atoms with Gasteiger partial charge in [-0.15, -0.1) is 0 Å². The maximum absolute atomic E-state index is 12.7. The number of quaternary nitrogens is 1. The summed E-state index contributed by atoms with van der Waals surface area (Å²) >= 11 is 0. The monoisotopic (exact) mass is 582 g/mol. The molecule has 2 aliphatic heterocycles. The molecule has 0 N–H and O–H groups in total. The third-order valence-electron chi connectivity index (χ3n) is 9.01. The Kier molecular flexibility index (Phi) is 19.7. The van der Waals surface area contributed by atoms with Crippen molar-refractivity contribution in [2.24, 2.45) is 0 Å². The summed E-state index contributed by atoms with van der Waals surface area (Å²) in [6, 6.07) is 0. The van der Waals surface area contributed by atoms with E-state index in [0.717, 1.165) is 69.4 Å². The van der Waals surface area contributed by atoms with Gasteiger partial charge in [0.05, 0.1) is 39.5 Å². The van der Waals surface area contributed by atoms with Gasteiger partial charge in [-0.2, -0.15) is 0 Å². The second-order valence-electron chi connectivity index (χ2n) is 12.9. The summed E-state index contributed by atoms with van der Waals surface area (Å²) in [5, 5.41) is 0. The summed E-state index contributed by atoms with van der Waals surface area (Å²) in [7, 11) is 2.30. The number of rotatable bonds is 24. The summed E-state index contributed by atoms with van der Waals surface area (Å²) in [6.45, 7) is 8.94. The lowest BCUT2D eigenvalue weighted by Crippen LogP contribution is -2.52. The van der Waals surface area contributed by atoms with E-state index in [1.807, 2.05) is 0 Å². The predicted octanol–water partition coefficient (Wildman–Crippen LogP) is 7.53. The molecule has 0 radical (unpaired) electrons. The highest BCUT2D eigenvalue weighted by Crippen LogP contribution is 2.26. The number of ether oxygens (including phenoxy) is 4. The number of morpholine rings is 1. The van der Waals surface area contributed by atoms with Crippen molar-refractivity contribution < 1.29 is 33.0 Å². The van der Waals surface area contributed by atoms with Crippen molar-refractivity contribution >= 4 is 11.9 Å². The average molecular weight is 583 g/mol. The molecule has 2 saturated heterocycles. The zero-order valence-corrected chi connectivity index (χ0v) is 27.0. The second kappa shape index (κ2) is 22.4. The Hall–Kier alpha value is -1.18. The first-order chi connectivity index (χ1) is 19.9. The highest BCUT2D eigenvalue weighted by molar-refractivity contribution is 5.70. The smallest absolute Gasteiger partial charge is 0.306 e. The van der Waals surface area contributed by atoms with Crippen molar-refractivity contribution in [2.45, 2.75) is 161 Å². The molecule has 0 aliphatic carbocycles. The number of esters is 2. The Labute approximate surface area is 252 Å². The normalized spacial score (nSPS) is 22.1. The van der Waals surface area contributed by atoms with Crippen LogP contribution in [0.1, 0.15) is 142 Å². The molecule has 41 heavy (non-hydrogen) atoms. The highest BCUT2D eigenvalue weighted by Gasteiger charge is 2.42. The van der Waals surface area contributed by atoms with Crippen LogP contribution in [0, 0.1) is 0 Å². The fraction of sp³-hybridized carbons (Fsp3) is 0.941. The van der Waals surface area contributed by atoms with Crippen molar-refractivity contribution in [1.29, 1.82) is 0 Å². The molecule has 3 atom stereocenters. The first-order valence-electron chi connectivity index (χ1n) is 17.3. The van der Waals surface area contributed by atoms with Crippen molar-refractivity contribution in [3.8, 4) is 0 Å². The van der Waals surface area contributed by atoms with Gasteiger partial charge in [-0.05, 0) is 25.7 Å². The molecule has 0 aromatic carbocycles. The molecule has 0 amide bonds. The van der Waals surface area contributed by atoms with Crippen molar-refractivity contribution in [2.75, 3.05) is 46.5 Å². The zero-order chi connectivity index (χ0) is 29.6. The second-order valence-corrected chi connectivity index (χ2v) is 12.9. The molecule has 0 bridgehead atoms. The molecule has 0 aromatic heterocycles. The van der Waals surface area contributed by atoms with Gasteiger partial charge in [0.25, 0.3) is 0 Å². The van der Waals surface area contributed by atoms with E-state index >= 15 is 0 Å². The van der Waals surface area contributed by atoms with E-state index in [-0.39, 0.29) is 18.0 Å². The van der Waals surface area contributed by atoms with Gasteiger partial charge in [0.2, 0.25) is 0 Å². The minimum Gasteiger partial charge on any atom is -0.456 e. The summed E-state index contributed by atoms with van der Waals surface area (Å²) in [4.78, 5) is 24.3. The molecule has 0 spiro atoms. The number of unbranched alkanes of at least 4 members (excludes halogenated alkanes) is 16. The maximum Gasteiger partial charge on any atom is 0.306 e. The summed E-state index contributed by atoms with van der Waals surface area (Å²) in [6.07, 6.45) is 23.0. The van der Waals surface area contributed by atoms with Crippen LogP contribution in [-0.4, -0.2) is 81.2 Å². The fourth-order valence-corrected chi connectivity index (χ4v) is 6.24. The van der Waals surface area contributed by atoms with Crippen LogP contribution in [0.4, 0.5) is 0 Å². The van der Waals surface area contributed by atoms with Gasteiger partial charge < -0.3 is 23.4 Å². The lowest BCUT2D eigenvalue weighted by atomic mass is 10.0. The van der Waals surface area contributed by atoms with E-state index in [1.54, 1.807) is 0 Å². The molecular weight excluding hydrogens is 518 g/mol. The number of carbonyl (C=O) groups is 2. The zero-order valence-electron chi connectivity index (χ0n) is 27.0. The van der Waals surface area contributed by atoms with Crippen LogP contribution in [0.15, 0.2) is 0 Å². The van der Waals surface area contributed by atoms with Gasteiger partial charge in [0.1, 0.15) is 13.1 Å². The Morgan fingerprint density at radius 2 is 1.27 bits per heavy atom. The topological polar surface area (TPSA) is 71.1 Å². The van der Waals surface area contributed by atoms with Crippen molar-refractivity contribution in [3.05, 3.63) is 0 Å². The van der Waals surface area contributed by atoms with Crippen LogP contribution >= 0.6 is 0 Å². The van der Waals surface area contributed by atoms with E-state index in [0.29, 0.717) is 13.0 Å². The van der Waals surface area contributed by atoms with Crippen LogP contribution in [-0.2, 0) is 28.5 Å². The number of carbonyl (C=O) groups excluding carboxylic acids is 2. The van der Waals surface area contributed by atoms with Gasteiger partial charge >= 0.3 is 11.9 Å². The molecule has 0 unspecified atom stereocenters. The minimum atomic E-state index is -0.497. The highest BCUT2D eigenvalue weighted by atomic mass is 16.6. The van der Waals surface area contributed by atoms with E-state index < -0.39 is 12.2 Å². The minimum absolute atomic E-state index is 0.184. The molecule has 2 rings (SSSR count). The Bertz CT molecular complexity index is 680. The van der Waals surface area contributed by atoms with Gasteiger partial charge in [-0.3, -0.25) is 9.59 Å². The van der Waals surface area contributed by atoms with Crippen molar-refractivity contribution in [1.82, 2.24) is 0 Å². The van der Waals surface area contributed by atoms with E-state index in [4.69, 9.17) is 18.9 Å². The summed E-state index contributed by atoms with van der Waals surface area (Å²) < 4.78 is 23.8. The molecule has 0 saturated carbocycles. The Morgan fingerprint density at radius 3 is 1.83 bits per heavy atom. The van der Waals surface area contributed by atoms with Crippen LogP contribution in [0.3, 0.4) is 0 Å². The lowest BCUT2D eigenvalue weighted by Gasteiger charge is -2.37. The van der Waals surface area contributed by atoms with Gasteiger partial charge in [-0.1, -0.05) is 103 Å². The third-order valence-corrected chi connectivity index (χ3v) is 9.01. The molecule has 0 aromatic rings. The maximum atomic E-state index is 12.7. The Morgan fingerprint density at radius 1 is 0.732 bits per heavy atom. The average Bonchev–Trinajstić information content (AvgIpc) is 3.30. The van der Waals surface area contributed by atoms with Gasteiger partial charge in [0, 0.05) is 13.3 Å². The number of hydrogen-bond donors (Lipinski definition) is 0. The van der Waals surface area contributed by atoms with Crippen LogP contribution in [0.5, 0.6) is 0 Å². The fourth-order valence-electron chi connectivity index (χ4n) is 6.24. The number of nitrogens with zero attached hydrogens (tertiary/aromatic N) is 1. The van der Waals surface area contributed by atoms with E-state index in [1.165, 1.54) is 96.8 Å². The standard InChI is InChI=1S/C34H64NO6/c1-4-5-6-7-8-9-10-11-12-13-14-15-16-17-19-22-31-34(32(29-39-31)40-30(2)36)41-33(37)23-20-18-21-24-35(3)25-27-38-28-26-35/h31-32,34H,4-29H2,1-3H3/q+1/t31-,32-,34-/m1/s1. The molecule has 240 valence electrons. The van der Waals surface area contributed by atoms with E-state index in [9.17, 15) is 9.59 Å². The molecule has 7 nitrogen and oxygen atoms in total.